The van der Waals surface area contributed by atoms with Crippen LogP contribution < -0.4 is 5.32 Å². The van der Waals surface area contributed by atoms with Crippen LogP contribution in [0, 0.1) is 17.6 Å². The van der Waals surface area contributed by atoms with E-state index in [1.807, 2.05) is 0 Å². The van der Waals surface area contributed by atoms with Gasteiger partial charge in [0, 0.05) is 13.2 Å². The lowest BCUT2D eigenvalue weighted by atomic mass is 10.2. The summed E-state index contributed by atoms with van der Waals surface area (Å²) in [6.07, 6.45) is 1.41. The number of carbonyl (C=O) groups is 1. The second kappa shape index (κ2) is 6.76. The van der Waals surface area contributed by atoms with Gasteiger partial charge in [-0.25, -0.2) is 8.78 Å². The molecule has 0 aliphatic heterocycles. The minimum absolute atomic E-state index is 0.0938. The molecule has 2 N–H and O–H groups in total. The molecule has 1 fully saturated rings. The predicted molar refractivity (Wildman–Crippen MR) is 68.2 cm³/mol. The molecule has 2 rings (SSSR count). The number of nitrogens with one attached hydrogen (secondary N) is 1. The first-order valence-corrected chi connectivity index (χ1v) is 6.56. The maximum Gasteiger partial charge on any atom is 0.257 e. The fourth-order valence-electron chi connectivity index (χ4n) is 1.73. The lowest BCUT2D eigenvalue weighted by Gasteiger charge is -2.12. The van der Waals surface area contributed by atoms with Gasteiger partial charge in [-0.05, 0) is 30.9 Å². The normalized spacial score (nSPS) is 15.9. The first kappa shape index (κ1) is 14.9. The first-order valence-electron chi connectivity index (χ1n) is 6.56. The van der Waals surface area contributed by atoms with Crippen molar-refractivity contribution in [3.63, 3.8) is 0 Å². The molecule has 1 aliphatic rings. The molecule has 0 aromatic heterocycles. The van der Waals surface area contributed by atoms with Crippen molar-refractivity contribution in [3.05, 3.63) is 35.4 Å². The second-order valence-corrected chi connectivity index (χ2v) is 4.94. The number of hydrogen-bond donors (Lipinski definition) is 2. The Hall–Kier alpha value is -1.53. The van der Waals surface area contributed by atoms with Gasteiger partial charge in [0.05, 0.1) is 12.7 Å². The SMILES string of the molecule is O=C(NCC(O)COCC1CC1)c1c(F)cccc1F. The Morgan fingerprint density at radius 2 is 2.05 bits per heavy atom. The molecule has 6 heteroatoms. The van der Waals surface area contributed by atoms with Gasteiger partial charge in [0.1, 0.15) is 17.2 Å². The summed E-state index contributed by atoms with van der Waals surface area (Å²) in [5.74, 6) is -2.16. The van der Waals surface area contributed by atoms with E-state index in [2.05, 4.69) is 5.32 Å². The van der Waals surface area contributed by atoms with E-state index in [9.17, 15) is 18.7 Å². The monoisotopic (exact) mass is 285 g/mol. The van der Waals surface area contributed by atoms with Crippen LogP contribution in [0.1, 0.15) is 23.2 Å². The van der Waals surface area contributed by atoms with E-state index in [4.69, 9.17) is 4.74 Å². The summed E-state index contributed by atoms with van der Waals surface area (Å²) in [7, 11) is 0. The Labute approximate surface area is 115 Å². The predicted octanol–water partition coefficient (Wildman–Crippen LogP) is 1.48. The first-order chi connectivity index (χ1) is 9.58. The van der Waals surface area contributed by atoms with E-state index >= 15 is 0 Å². The van der Waals surface area contributed by atoms with Crippen LogP contribution in [0.4, 0.5) is 8.78 Å². The molecule has 0 radical (unpaired) electrons. The van der Waals surface area contributed by atoms with Crippen LogP contribution >= 0.6 is 0 Å². The molecule has 110 valence electrons. The minimum Gasteiger partial charge on any atom is -0.389 e. The quantitative estimate of drug-likeness (QED) is 0.798. The number of aliphatic hydroxyl groups excluding tert-OH is 1. The Morgan fingerprint density at radius 1 is 1.40 bits per heavy atom. The van der Waals surface area contributed by atoms with Crippen LogP contribution in [0.25, 0.3) is 0 Å². The largest absolute Gasteiger partial charge is 0.389 e. The lowest BCUT2D eigenvalue weighted by molar-refractivity contribution is 0.0320. The van der Waals surface area contributed by atoms with Gasteiger partial charge in [-0.2, -0.15) is 0 Å². The van der Waals surface area contributed by atoms with Gasteiger partial charge in [0.25, 0.3) is 5.91 Å². The molecule has 1 amide bonds. The van der Waals surface area contributed by atoms with Crippen LogP contribution in [-0.4, -0.2) is 36.9 Å². The van der Waals surface area contributed by atoms with Gasteiger partial charge >= 0.3 is 0 Å². The van der Waals surface area contributed by atoms with Crippen LogP contribution in [0.15, 0.2) is 18.2 Å². The van der Waals surface area contributed by atoms with E-state index in [1.165, 1.54) is 6.07 Å². The molecular weight excluding hydrogens is 268 g/mol. The van der Waals surface area contributed by atoms with E-state index < -0.39 is 29.2 Å². The number of rotatable bonds is 7. The molecule has 0 spiro atoms. The molecule has 0 heterocycles. The maximum atomic E-state index is 13.3. The molecule has 0 bridgehead atoms. The van der Waals surface area contributed by atoms with Crippen LogP contribution in [0.2, 0.25) is 0 Å². The van der Waals surface area contributed by atoms with Crippen molar-refractivity contribution in [2.75, 3.05) is 19.8 Å². The van der Waals surface area contributed by atoms with Gasteiger partial charge in [-0.3, -0.25) is 4.79 Å². The number of halogens is 2. The summed E-state index contributed by atoms with van der Waals surface area (Å²) in [6, 6.07) is 3.20. The van der Waals surface area contributed by atoms with E-state index in [0.29, 0.717) is 12.5 Å². The van der Waals surface area contributed by atoms with E-state index in [0.717, 1.165) is 25.0 Å². The van der Waals surface area contributed by atoms with Crippen molar-refractivity contribution in [1.82, 2.24) is 5.32 Å². The summed E-state index contributed by atoms with van der Waals surface area (Å²) >= 11 is 0. The number of carbonyl (C=O) groups excluding carboxylic acids is 1. The number of benzene rings is 1. The standard InChI is InChI=1S/C14H17F2NO3/c15-11-2-1-3-12(16)13(11)14(19)17-6-10(18)8-20-7-9-4-5-9/h1-3,9-10,18H,4-8H2,(H,17,19). The highest BCUT2D eigenvalue weighted by molar-refractivity contribution is 5.94. The highest BCUT2D eigenvalue weighted by Crippen LogP contribution is 2.28. The zero-order chi connectivity index (χ0) is 14.5. The summed E-state index contributed by atoms with van der Waals surface area (Å²) in [4.78, 5) is 11.6. The molecule has 1 saturated carbocycles. The Bertz CT molecular complexity index is 457. The molecular formula is C14H17F2NO3. The van der Waals surface area contributed by atoms with Crippen molar-refractivity contribution in [1.29, 1.82) is 0 Å². The molecule has 1 aromatic carbocycles. The molecule has 4 nitrogen and oxygen atoms in total. The van der Waals surface area contributed by atoms with Crippen molar-refractivity contribution in [2.24, 2.45) is 5.92 Å². The van der Waals surface area contributed by atoms with Gasteiger partial charge in [0.15, 0.2) is 0 Å². The van der Waals surface area contributed by atoms with Crippen LogP contribution in [0.3, 0.4) is 0 Å². The van der Waals surface area contributed by atoms with Gasteiger partial charge < -0.3 is 15.2 Å². The summed E-state index contributed by atoms with van der Waals surface area (Å²) in [5.41, 5.74) is -0.640. The number of aliphatic hydroxyl groups is 1. The van der Waals surface area contributed by atoms with Gasteiger partial charge in [0.2, 0.25) is 0 Å². The highest BCUT2D eigenvalue weighted by Gasteiger charge is 2.22. The fraction of sp³-hybridized carbons (Fsp3) is 0.500. The average Bonchev–Trinajstić information content (AvgIpc) is 3.20. The third kappa shape index (κ3) is 4.25. The zero-order valence-electron chi connectivity index (χ0n) is 10.9. The zero-order valence-corrected chi connectivity index (χ0v) is 10.9. The number of hydrogen-bond acceptors (Lipinski definition) is 3. The van der Waals surface area contributed by atoms with Crippen LogP contribution in [-0.2, 0) is 4.74 Å². The van der Waals surface area contributed by atoms with Crippen molar-refractivity contribution in [2.45, 2.75) is 18.9 Å². The van der Waals surface area contributed by atoms with Crippen molar-refractivity contribution in [3.8, 4) is 0 Å². The Kier molecular flexibility index (Phi) is 5.03. The molecule has 1 aliphatic carbocycles. The van der Waals surface area contributed by atoms with Gasteiger partial charge in [-0.15, -0.1) is 0 Å². The third-order valence-electron chi connectivity index (χ3n) is 3.05. The molecule has 0 saturated heterocycles. The van der Waals surface area contributed by atoms with E-state index in [-0.39, 0.29) is 13.2 Å². The van der Waals surface area contributed by atoms with Crippen molar-refractivity contribution < 1.29 is 23.4 Å². The smallest absolute Gasteiger partial charge is 0.257 e. The molecule has 1 aromatic rings. The Morgan fingerprint density at radius 3 is 2.65 bits per heavy atom. The molecule has 1 unspecified atom stereocenters. The fourth-order valence-corrected chi connectivity index (χ4v) is 1.73. The minimum atomic E-state index is -0.929. The van der Waals surface area contributed by atoms with Crippen molar-refractivity contribution >= 4 is 5.91 Å². The number of ether oxygens (including phenoxy) is 1. The molecule has 1 atom stereocenters. The second-order valence-electron chi connectivity index (χ2n) is 4.94. The highest BCUT2D eigenvalue weighted by atomic mass is 19.1. The lowest BCUT2D eigenvalue weighted by Crippen LogP contribution is -2.35. The van der Waals surface area contributed by atoms with Gasteiger partial charge in [-0.1, -0.05) is 6.07 Å². The topological polar surface area (TPSA) is 58.6 Å². The summed E-state index contributed by atoms with van der Waals surface area (Å²) in [5, 5.41) is 11.9. The van der Waals surface area contributed by atoms with Crippen LogP contribution in [0.5, 0.6) is 0 Å². The molecule has 20 heavy (non-hydrogen) atoms. The average molecular weight is 285 g/mol. The van der Waals surface area contributed by atoms with E-state index in [1.54, 1.807) is 0 Å². The number of amides is 1. The summed E-state index contributed by atoms with van der Waals surface area (Å²) < 4.78 is 31.9. The summed E-state index contributed by atoms with van der Waals surface area (Å²) in [6.45, 7) is 0.584. The maximum absolute atomic E-state index is 13.3. The Balaban J connectivity index is 1.76. The third-order valence-corrected chi connectivity index (χ3v) is 3.05.